The van der Waals surface area contributed by atoms with Gasteiger partial charge in [0.05, 0.1) is 11.4 Å². The van der Waals surface area contributed by atoms with Gasteiger partial charge in [0.15, 0.2) is 0 Å². The second-order valence-electron chi connectivity index (χ2n) is 4.41. The van der Waals surface area contributed by atoms with Gasteiger partial charge in [-0.2, -0.15) is 0 Å². The summed E-state index contributed by atoms with van der Waals surface area (Å²) in [7, 11) is 0. The van der Waals surface area contributed by atoms with Crippen LogP contribution < -0.4 is 0 Å². The lowest BCUT2D eigenvalue weighted by Crippen LogP contribution is -2.26. The highest BCUT2D eigenvalue weighted by atomic mass is 15.1. The molecule has 0 aliphatic carbocycles. The van der Waals surface area contributed by atoms with Crippen LogP contribution in [0.1, 0.15) is 47.0 Å². The van der Waals surface area contributed by atoms with Crippen LogP contribution >= 0.6 is 0 Å². The molecule has 0 fully saturated rings. The molecule has 0 bridgehead atoms. The minimum atomic E-state index is 0.507. The van der Waals surface area contributed by atoms with Gasteiger partial charge in [0.2, 0.25) is 0 Å². The first kappa shape index (κ1) is 16.6. The van der Waals surface area contributed by atoms with Crippen LogP contribution in [0.5, 0.6) is 0 Å². The van der Waals surface area contributed by atoms with E-state index >= 15 is 0 Å². The van der Waals surface area contributed by atoms with Crippen LogP contribution in [0.15, 0.2) is 23.4 Å². The largest absolute Gasteiger partial charge is 0.370 e. The molecule has 0 aliphatic heterocycles. The molecule has 0 aromatic rings. The lowest BCUT2D eigenvalue weighted by molar-refractivity contribution is 0.362. The second-order valence-corrected chi connectivity index (χ2v) is 4.41. The first-order chi connectivity index (χ1) is 8.60. The molecule has 3 heteroatoms. The van der Waals surface area contributed by atoms with Gasteiger partial charge in [-0.15, -0.1) is 0 Å². The van der Waals surface area contributed by atoms with Crippen molar-refractivity contribution in [2.24, 2.45) is 0 Å². The van der Waals surface area contributed by atoms with E-state index in [2.05, 4.69) is 25.7 Å². The lowest BCUT2D eigenvalue weighted by Gasteiger charge is -2.24. The normalized spacial score (nSPS) is 12.4. The molecule has 3 nitrogen and oxygen atoms in total. The van der Waals surface area contributed by atoms with Gasteiger partial charge in [-0.3, -0.25) is 0 Å². The van der Waals surface area contributed by atoms with Crippen molar-refractivity contribution < 1.29 is 0 Å². The Morgan fingerprint density at radius 1 is 1.11 bits per heavy atom. The van der Waals surface area contributed by atoms with Crippen molar-refractivity contribution in [1.29, 1.82) is 10.8 Å². The maximum Gasteiger partial charge on any atom is 0.0587 e. The van der Waals surface area contributed by atoms with E-state index in [9.17, 15) is 0 Å². The third kappa shape index (κ3) is 5.80. The summed E-state index contributed by atoms with van der Waals surface area (Å²) in [6, 6.07) is 0. The highest BCUT2D eigenvalue weighted by Crippen LogP contribution is 2.08. The van der Waals surface area contributed by atoms with E-state index in [0.29, 0.717) is 5.71 Å². The van der Waals surface area contributed by atoms with Gasteiger partial charge < -0.3 is 15.7 Å². The molecule has 0 radical (unpaired) electrons. The average Bonchev–Trinajstić information content (AvgIpc) is 2.35. The Morgan fingerprint density at radius 2 is 1.67 bits per heavy atom. The minimum Gasteiger partial charge on any atom is -0.370 e. The smallest absolute Gasteiger partial charge is 0.0587 e. The Labute approximate surface area is 112 Å². The topological polar surface area (TPSA) is 50.9 Å². The molecule has 0 unspecified atom stereocenters. The van der Waals surface area contributed by atoms with E-state index < -0.39 is 0 Å². The Kier molecular flexibility index (Phi) is 8.89. The number of rotatable bonds is 9. The number of allylic oxidation sites excluding steroid dienone is 4. The van der Waals surface area contributed by atoms with Crippen LogP contribution in [0.3, 0.4) is 0 Å². The van der Waals surface area contributed by atoms with Gasteiger partial charge in [0.1, 0.15) is 0 Å². The fraction of sp³-hybridized carbons (Fsp3) is 0.600. The molecule has 0 spiro atoms. The van der Waals surface area contributed by atoms with Gasteiger partial charge in [-0.25, -0.2) is 0 Å². The summed E-state index contributed by atoms with van der Waals surface area (Å²) in [4.78, 5) is 2.18. The van der Waals surface area contributed by atoms with Gasteiger partial charge in [0.25, 0.3) is 0 Å². The molecule has 0 saturated heterocycles. The molecule has 0 aliphatic rings. The number of nitrogens with one attached hydrogen (secondary N) is 2. The summed E-state index contributed by atoms with van der Waals surface area (Å²) < 4.78 is 0. The number of hydrogen-bond donors (Lipinski definition) is 2. The first-order valence-corrected chi connectivity index (χ1v) is 6.83. The van der Waals surface area contributed by atoms with Crippen LogP contribution in [0.4, 0.5) is 0 Å². The van der Waals surface area contributed by atoms with Crippen LogP contribution in [0, 0.1) is 10.8 Å². The van der Waals surface area contributed by atoms with E-state index in [1.165, 1.54) is 6.21 Å². The number of hydrogen-bond acceptors (Lipinski definition) is 3. The van der Waals surface area contributed by atoms with Crippen LogP contribution in [-0.2, 0) is 0 Å². The van der Waals surface area contributed by atoms with Crippen molar-refractivity contribution in [1.82, 2.24) is 4.90 Å². The molecule has 0 aromatic heterocycles. The molecule has 2 N–H and O–H groups in total. The standard InChI is InChI=1S/C15H27N3/c1-5-8-13(4)15(17)11-14(12-16)18(9-6-2)10-7-3/h8,11-12,16-17H,5-7,9-10H2,1-4H3/b13-8+,14-11+,16-12?,17-15?. The van der Waals surface area contributed by atoms with Gasteiger partial charge >= 0.3 is 0 Å². The minimum absolute atomic E-state index is 0.507. The average molecular weight is 249 g/mol. The summed E-state index contributed by atoms with van der Waals surface area (Å²) in [5, 5.41) is 15.5. The highest BCUT2D eigenvalue weighted by molar-refractivity contribution is 6.08. The van der Waals surface area contributed by atoms with Gasteiger partial charge in [0, 0.05) is 19.3 Å². The highest BCUT2D eigenvalue weighted by Gasteiger charge is 2.07. The van der Waals surface area contributed by atoms with E-state index in [-0.39, 0.29) is 0 Å². The monoisotopic (exact) mass is 249 g/mol. The Bertz CT molecular complexity index is 321. The van der Waals surface area contributed by atoms with Crippen molar-refractivity contribution in [2.45, 2.75) is 47.0 Å². The van der Waals surface area contributed by atoms with Crippen LogP contribution in [-0.4, -0.2) is 29.9 Å². The number of nitrogens with zero attached hydrogens (tertiary/aromatic N) is 1. The first-order valence-electron chi connectivity index (χ1n) is 6.83. The third-order valence-corrected chi connectivity index (χ3v) is 2.73. The zero-order valence-corrected chi connectivity index (χ0v) is 12.2. The predicted octanol–water partition coefficient (Wildman–Crippen LogP) is 4.02. The molecule has 102 valence electrons. The second kappa shape index (κ2) is 9.63. The maximum absolute atomic E-state index is 8.01. The molecule has 0 amide bonds. The zero-order valence-electron chi connectivity index (χ0n) is 12.2. The van der Waals surface area contributed by atoms with Crippen LogP contribution in [0.2, 0.25) is 0 Å². The molecular weight excluding hydrogens is 222 g/mol. The van der Waals surface area contributed by atoms with Crippen molar-refractivity contribution >= 4 is 11.9 Å². The van der Waals surface area contributed by atoms with Crippen molar-refractivity contribution in [3.05, 3.63) is 23.4 Å². The van der Waals surface area contributed by atoms with E-state index in [0.717, 1.165) is 43.6 Å². The van der Waals surface area contributed by atoms with Crippen molar-refractivity contribution in [3.8, 4) is 0 Å². The summed E-state index contributed by atoms with van der Waals surface area (Å²) >= 11 is 0. The molecule has 0 saturated carbocycles. The zero-order chi connectivity index (χ0) is 14.0. The molecule has 18 heavy (non-hydrogen) atoms. The van der Waals surface area contributed by atoms with Gasteiger partial charge in [-0.05, 0) is 37.8 Å². The van der Waals surface area contributed by atoms with E-state index in [1.54, 1.807) is 6.08 Å². The van der Waals surface area contributed by atoms with Crippen molar-refractivity contribution in [3.63, 3.8) is 0 Å². The third-order valence-electron chi connectivity index (χ3n) is 2.73. The Balaban J connectivity index is 4.97. The molecule has 0 rings (SSSR count). The Morgan fingerprint density at radius 3 is 2.06 bits per heavy atom. The van der Waals surface area contributed by atoms with Crippen molar-refractivity contribution in [2.75, 3.05) is 13.1 Å². The van der Waals surface area contributed by atoms with E-state index in [1.807, 2.05) is 13.0 Å². The van der Waals surface area contributed by atoms with E-state index in [4.69, 9.17) is 10.8 Å². The van der Waals surface area contributed by atoms with Gasteiger partial charge in [-0.1, -0.05) is 26.8 Å². The summed E-state index contributed by atoms with van der Waals surface area (Å²) in [5.74, 6) is 0. The quantitative estimate of drug-likeness (QED) is 0.596. The molecule has 0 heterocycles. The lowest BCUT2D eigenvalue weighted by atomic mass is 10.1. The summed E-state index contributed by atoms with van der Waals surface area (Å²) in [5.41, 5.74) is 2.32. The molecule has 0 atom stereocenters. The fourth-order valence-corrected chi connectivity index (χ4v) is 1.81. The predicted molar refractivity (Wildman–Crippen MR) is 80.8 cm³/mol. The SMILES string of the molecule is CC/C=C(\C)C(=N)/C=C(\C=N)N(CCC)CCC. The summed E-state index contributed by atoms with van der Waals surface area (Å²) in [6.45, 7) is 10.2. The summed E-state index contributed by atoms with van der Waals surface area (Å²) in [6.07, 6.45) is 8.27. The molecule has 0 aromatic carbocycles. The Hall–Kier alpha value is -1.38. The maximum atomic E-state index is 8.01. The van der Waals surface area contributed by atoms with Crippen LogP contribution in [0.25, 0.3) is 0 Å². The molecular formula is C15H27N3. The fourth-order valence-electron chi connectivity index (χ4n) is 1.81.